The molecule has 0 aromatic carbocycles. The zero-order chi connectivity index (χ0) is 14.6. The van der Waals surface area contributed by atoms with Crippen LogP contribution in [0.15, 0.2) is 0 Å². The Morgan fingerprint density at radius 3 is 2.63 bits per heavy atom. The van der Waals surface area contributed by atoms with E-state index in [-0.39, 0.29) is 12.1 Å². The lowest BCUT2D eigenvalue weighted by Gasteiger charge is -2.37. The summed E-state index contributed by atoms with van der Waals surface area (Å²) in [5.74, 6) is 0. The van der Waals surface area contributed by atoms with E-state index in [1.54, 1.807) is 11.8 Å². The van der Waals surface area contributed by atoms with Gasteiger partial charge < -0.3 is 15.0 Å². The molecule has 1 saturated heterocycles. The van der Waals surface area contributed by atoms with Crippen LogP contribution in [0.2, 0.25) is 0 Å². The summed E-state index contributed by atoms with van der Waals surface area (Å²) in [6.45, 7) is 8.97. The maximum atomic E-state index is 12.1. The molecule has 0 aromatic heterocycles. The maximum absolute atomic E-state index is 12.1. The molecular weight excluding hydrogens is 268 g/mol. The lowest BCUT2D eigenvalue weighted by molar-refractivity contribution is 0.0112. The number of hydrogen-bond donors (Lipinski definition) is 2. The van der Waals surface area contributed by atoms with Crippen molar-refractivity contribution in [1.82, 2.24) is 10.2 Å². The van der Waals surface area contributed by atoms with Crippen LogP contribution in [0.25, 0.3) is 0 Å². The second-order valence-corrected chi connectivity index (χ2v) is 7.35. The van der Waals surface area contributed by atoms with Crippen LogP contribution in [0.3, 0.4) is 0 Å². The van der Waals surface area contributed by atoms with Gasteiger partial charge in [-0.05, 0) is 34.1 Å². The Labute approximate surface area is 116 Å². The SMILES string of the molecule is CC(C[C@H]1CNCCN1C(=O)OC(C)(C)C)[SH](=O)=O. The van der Waals surface area contributed by atoms with Crippen molar-refractivity contribution in [2.45, 2.75) is 51.0 Å². The second kappa shape index (κ2) is 6.56. The zero-order valence-corrected chi connectivity index (χ0v) is 12.9. The first kappa shape index (κ1) is 16.2. The van der Waals surface area contributed by atoms with E-state index in [2.05, 4.69) is 5.32 Å². The lowest BCUT2D eigenvalue weighted by Crippen LogP contribution is -2.55. The highest BCUT2D eigenvalue weighted by atomic mass is 32.2. The summed E-state index contributed by atoms with van der Waals surface area (Å²) in [7, 11) is -2.46. The quantitative estimate of drug-likeness (QED) is 0.745. The predicted molar refractivity (Wildman–Crippen MR) is 74.0 cm³/mol. The van der Waals surface area contributed by atoms with Gasteiger partial charge in [-0.3, -0.25) is 0 Å². The minimum atomic E-state index is -2.46. The normalized spacial score (nSPS) is 22.4. The summed E-state index contributed by atoms with van der Waals surface area (Å²) in [4.78, 5) is 13.7. The van der Waals surface area contributed by atoms with Crippen LogP contribution in [-0.2, 0) is 15.4 Å². The Morgan fingerprint density at radius 2 is 2.11 bits per heavy atom. The number of carbonyl (C=O) groups excluding carboxylic acids is 1. The van der Waals surface area contributed by atoms with E-state index in [1.807, 2.05) is 20.8 Å². The highest BCUT2D eigenvalue weighted by Gasteiger charge is 2.31. The molecule has 0 radical (unpaired) electrons. The van der Waals surface area contributed by atoms with Gasteiger partial charge >= 0.3 is 6.09 Å². The topological polar surface area (TPSA) is 75.7 Å². The van der Waals surface area contributed by atoms with E-state index in [4.69, 9.17) is 4.74 Å². The number of thiol groups is 1. The zero-order valence-electron chi connectivity index (χ0n) is 12.0. The Hall–Kier alpha value is -0.820. The summed E-state index contributed by atoms with van der Waals surface area (Å²) < 4.78 is 27.3. The minimum Gasteiger partial charge on any atom is -0.444 e. The van der Waals surface area contributed by atoms with Crippen LogP contribution in [0.5, 0.6) is 0 Å². The van der Waals surface area contributed by atoms with Crippen molar-refractivity contribution >= 4 is 16.8 Å². The molecule has 112 valence electrons. The van der Waals surface area contributed by atoms with E-state index >= 15 is 0 Å². The molecule has 19 heavy (non-hydrogen) atoms. The molecule has 1 heterocycles. The van der Waals surface area contributed by atoms with Crippen LogP contribution >= 0.6 is 0 Å². The molecule has 0 spiro atoms. The molecule has 0 aliphatic carbocycles. The Bertz CT molecular complexity index is 382. The summed E-state index contributed by atoms with van der Waals surface area (Å²) in [6, 6.07) is -0.133. The number of amides is 1. The summed E-state index contributed by atoms with van der Waals surface area (Å²) in [6.07, 6.45) is 0.0672. The molecule has 7 heteroatoms. The van der Waals surface area contributed by atoms with Gasteiger partial charge in [-0.15, -0.1) is 0 Å². The van der Waals surface area contributed by atoms with Gasteiger partial charge in [0.2, 0.25) is 0 Å². The molecule has 1 unspecified atom stereocenters. The maximum Gasteiger partial charge on any atom is 0.410 e. The number of hydrogen-bond acceptors (Lipinski definition) is 5. The van der Waals surface area contributed by atoms with Crippen molar-refractivity contribution < 1.29 is 17.9 Å². The Kier molecular flexibility index (Phi) is 5.61. The summed E-state index contributed by atoms with van der Waals surface area (Å²) >= 11 is 0. The Morgan fingerprint density at radius 1 is 1.47 bits per heavy atom. The number of rotatable bonds is 3. The van der Waals surface area contributed by atoms with Gasteiger partial charge in [0.15, 0.2) is 0 Å². The van der Waals surface area contributed by atoms with Crippen LogP contribution < -0.4 is 5.32 Å². The number of nitrogens with zero attached hydrogens (tertiary/aromatic N) is 1. The van der Waals surface area contributed by atoms with E-state index in [1.165, 1.54) is 0 Å². The molecule has 0 saturated carbocycles. The number of nitrogens with one attached hydrogen (secondary N) is 1. The average Bonchev–Trinajstić information content (AvgIpc) is 2.27. The first-order valence-electron chi connectivity index (χ1n) is 6.54. The van der Waals surface area contributed by atoms with Gasteiger partial charge in [0.25, 0.3) is 0 Å². The molecule has 1 aliphatic heterocycles. The summed E-state index contributed by atoms with van der Waals surface area (Å²) in [5, 5.41) is 2.74. The third-order valence-corrected chi connectivity index (χ3v) is 3.88. The van der Waals surface area contributed by atoms with Crippen molar-refractivity contribution in [1.29, 1.82) is 0 Å². The Balaban J connectivity index is 2.69. The van der Waals surface area contributed by atoms with Gasteiger partial charge in [0.05, 0.1) is 5.25 Å². The largest absolute Gasteiger partial charge is 0.444 e. The molecular formula is C12H24N2O4S. The van der Waals surface area contributed by atoms with Gasteiger partial charge in [-0.1, -0.05) is 0 Å². The monoisotopic (exact) mass is 292 g/mol. The third-order valence-electron chi connectivity index (χ3n) is 2.95. The van der Waals surface area contributed by atoms with Crippen LogP contribution in [0.4, 0.5) is 4.79 Å². The van der Waals surface area contributed by atoms with Crippen LogP contribution in [-0.4, -0.2) is 55.9 Å². The van der Waals surface area contributed by atoms with E-state index in [0.29, 0.717) is 26.1 Å². The molecule has 1 N–H and O–H groups in total. The van der Waals surface area contributed by atoms with Crippen LogP contribution in [0, 0.1) is 0 Å². The standard InChI is InChI=1S/C12H24N2O4S/c1-9(19(16)17)7-10-8-13-5-6-14(10)11(15)18-12(2,3)4/h9-10,13,19H,5-8H2,1-4H3/t9?,10-/m0/s1. The smallest absolute Gasteiger partial charge is 0.410 e. The predicted octanol–water partition coefficient (Wildman–Crippen LogP) is 0.585. The second-order valence-electron chi connectivity index (χ2n) is 5.90. The van der Waals surface area contributed by atoms with Gasteiger partial charge in [-0.2, -0.15) is 0 Å². The van der Waals surface area contributed by atoms with Crippen molar-refractivity contribution in [3.8, 4) is 0 Å². The molecule has 0 bridgehead atoms. The third kappa shape index (κ3) is 5.36. The highest BCUT2D eigenvalue weighted by molar-refractivity contribution is 7.73. The lowest BCUT2D eigenvalue weighted by atomic mass is 10.1. The van der Waals surface area contributed by atoms with E-state index in [9.17, 15) is 13.2 Å². The van der Waals surface area contributed by atoms with Crippen molar-refractivity contribution in [3.63, 3.8) is 0 Å². The first-order valence-corrected chi connectivity index (χ1v) is 7.79. The van der Waals surface area contributed by atoms with Gasteiger partial charge in [0, 0.05) is 25.7 Å². The number of piperazine rings is 1. The van der Waals surface area contributed by atoms with Gasteiger partial charge in [0.1, 0.15) is 16.3 Å². The van der Waals surface area contributed by atoms with Crippen LogP contribution in [0.1, 0.15) is 34.1 Å². The fourth-order valence-electron chi connectivity index (χ4n) is 2.01. The van der Waals surface area contributed by atoms with Gasteiger partial charge in [-0.25, -0.2) is 13.2 Å². The summed E-state index contributed by atoms with van der Waals surface area (Å²) in [5.41, 5.74) is -0.540. The average molecular weight is 292 g/mol. The molecule has 1 fully saturated rings. The highest BCUT2D eigenvalue weighted by Crippen LogP contribution is 2.16. The molecule has 1 rings (SSSR count). The van der Waals surface area contributed by atoms with Crippen molar-refractivity contribution in [2.75, 3.05) is 19.6 Å². The minimum absolute atomic E-state index is 0.133. The molecule has 0 aromatic rings. The molecule has 6 nitrogen and oxygen atoms in total. The van der Waals surface area contributed by atoms with Crippen molar-refractivity contribution in [2.24, 2.45) is 0 Å². The number of ether oxygens (including phenoxy) is 1. The number of carbonyl (C=O) groups is 1. The first-order chi connectivity index (χ1) is 8.70. The fraction of sp³-hybridized carbons (Fsp3) is 0.917. The van der Waals surface area contributed by atoms with E-state index < -0.39 is 21.6 Å². The molecule has 1 aliphatic rings. The van der Waals surface area contributed by atoms with Crippen molar-refractivity contribution in [3.05, 3.63) is 0 Å². The van der Waals surface area contributed by atoms with E-state index in [0.717, 1.165) is 0 Å². The molecule has 2 atom stereocenters. The fourth-order valence-corrected chi connectivity index (χ4v) is 2.43. The molecule has 1 amide bonds.